The van der Waals surface area contributed by atoms with Gasteiger partial charge in [0.2, 0.25) is 5.95 Å². The van der Waals surface area contributed by atoms with Crippen molar-refractivity contribution in [1.29, 1.82) is 0 Å². The molecule has 1 fully saturated rings. The van der Waals surface area contributed by atoms with E-state index >= 15 is 0 Å². The van der Waals surface area contributed by atoms with Crippen LogP contribution < -0.4 is 5.32 Å². The minimum absolute atomic E-state index is 0.142. The Morgan fingerprint density at radius 1 is 1.12 bits per heavy atom. The normalized spacial score (nSPS) is 20.8. The predicted molar refractivity (Wildman–Crippen MR) is 88.6 cm³/mol. The summed E-state index contributed by atoms with van der Waals surface area (Å²) in [7, 11) is 0. The fourth-order valence-electron chi connectivity index (χ4n) is 3.02. The summed E-state index contributed by atoms with van der Waals surface area (Å²) in [6, 6.07) is 2.85. The van der Waals surface area contributed by atoms with E-state index in [1.54, 1.807) is 6.92 Å². The lowest BCUT2D eigenvalue weighted by atomic mass is 9.93. The second-order valence-corrected chi connectivity index (χ2v) is 6.45. The molecule has 1 saturated carbocycles. The number of phenolic OH excluding ortho intramolecular Hbond substituents is 1. The van der Waals surface area contributed by atoms with Crippen molar-refractivity contribution in [3.8, 4) is 17.0 Å². The Bertz CT molecular complexity index is 790. The molecule has 1 heterocycles. The molecule has 2 aromatic rings. The number of benzene rings is 1. The number of aromatic hydroxyl groups is 1. The van der Waals surface area contributed by atoms with Crippen LogP contribution in [0, 0.1) is 6.92 Å². The molecule has 0 aliphatic heterocycles. The lowest BCUT2D eigenvalue weighted by molar-refractivity contribution is -0.137. The highest BCUT2D eigenvalue weighted by Crippen LogP contribution is 2.36. The molecule has 0 bridgehead atoms. The third kappa shape index (κ3) is 4.04. The first-order valence-electron chi connectivity index (χ1n) is 8.30. The third-order valence-electron chi connectivity index (χ3n) is 4.47. The minimum Gasteiger partial charge on any atom is -0.507 e. The van der Waals surface area contributed by atoms with Crippen molar-refractivity contribution in [3.05, 3.63) is 29.5 Å². The number of alkyl halides is 3. The van der Waals surface area contributed by atoms with E-state index in [1.807, 2.05) is 0 Å². The topological polar surface area (TPSA) is 91.2 Å². The van der Waals surface area contributed by atoms with Crippen LogP contribution in [-0.2, 0) is 6.18 Å². The maximum Gasteiger partial charge on any atom is 0.416 e. The zero-order valence-corrected chi connectivity index (χ0v) is 14.1. The van der Waals surface area contributed by atoms with E-state index in [2.05, 4.69) is 20.5 Å². The number of nitrogens with one attached hydrogen (secondary N) is 1. The quantitative estimate of drug-likeness (QED) is 0.770. The summed E-state index contributed by atoms with van der Waals surface area (Å²) < 4.78 is 38.1. The Balaban J connectivity index is 1.79. The molecule has 1 aliphatic rings. The summed E-state index contributed by atoms with van der Waals surface area (Å²) in [5.74, 6) is -0.208. The molecule has 0 saturated heterocycles. The van der Waals surface area contributed by atoms with E-state index in [0.717, 1.165) is 25.0 Å². The number of phenols is 1. The van der Waals surface area contributed by atoms with Crippen molar-refractivity contribution < 1.29 is 23.4 Å². The number of aliphatic hydroxyl groups is 1. The number of halogens is 3. The van der Waals surface area contributed by atoms with Crippen LogP contribution in [0.25, 0.3) is 11.3 Å². The lowest BCUT2D eigenvalue weighted by Gasteiger charge is -2.26. The Kier molecular flexibility index (Phi) is 4.99. The fraction of sp³-hybridized carbons (Fsp3) is 0.471. The molecule has 6 nitrogen and oxygen atoms in total. The van der Waals surface area contributed by atoms with Gasteiger partial charge in [0, 0.05) is 11.6 Å². The SMILES string of the molecule is Cc1nc(N[C@H]2CC[C@H](O)CC2)nnc1-c1ccc(C(F)(F)F)cc1O. The summed E-state index contributed by atoms with van der Waals surface area (Å²) in [4.78, 5) is 4.29. The standard InChI is InChI=1S/C17H19F3N4O2/c1-9-15(13-7-2-10(8-14(13)26)17(18,19)20)23-24-16(21-9)22-11-3-5-12(25)6-4-11/h2,7-8,11-12,25-26H,3-6H2,1H3,(H,21,22,24)/t11-,12-. The van der Waals surface area contributed by atoms with Gasteiger partial charge < -0.3 is 15.5 Å². The second kappa shape index (κ2) is 7.06. The van der Waals surface area contributed by atoms with Crippen LogP contribution in [0.4, 0.5) is 19.1 Å². The largest absolute Gasteiger partial charge is 0.507 e. The van der Waals surface area contributed by atoms with Crippen molar-refractivity contribution in [2.24, 2.45) is 0 Å². The van der Waals surface area contributed by atoms with Crippen molar-refractivity contribution in [3.63, 3.8) is 0 Å². The monoisotopic (exact) mass is 368 g/mol. The van der Waals surface area contributed by atoms with E-state index in [0.29, 0.717) is 30.6 Å². The van der Waals surface area contributed by atoms with E-state index < -0.39 is 17.5 Å². The zero-order chi connectivity index (χ0) is 18.9. The molecular formula is C17H19F3N4O2. The van der Waals surface area contributed by atoms with Gasteiger partial charge in [-0.1, -0.05) is 0 Å². The van der Waals surface area contributed by atoms with Gasteiger partial charge in [0.1, 0.15) is 11.4 Å². The number of nitrogens with zero attached hydrogens (tertiary/aromatic N) is 3. The van der Waals surface area contributed by atoms with Crippen LogP contribution in [-0.4, -0.2) is 37.5 Å². The molecule has 9 heteroatoms. The molecular weight excluding hydrogens is 349 g/mol. The van der Waals surface area contributed by atoms with E-state index in [-0.39, 0.29) is 23.4 Å². The molecule has 1 aromatic heterocycles. The van der Waals surface area contributed by atoms with Crippen molar-refractivity contribution in [1.82, 2.24) is 15.2 Å². The molecule has 26 heavy (non-hydrogen) atoms. The highest BCUT2D eigenvalue weighted by atomic mass is 19.4. The second-order valence-electron chi connectivity index (χ2n) is 6.45. The zero-order valence-electron chi connectivity index (χ0n) is 14.1. The van der Waals surface area contributed by atoms with Crippen molar-refractivity contribution >= 4 is 5.95 Å². The maximum atomic E-state index is 12.7. The molecule has 0 atom stereocenters. The van der Waals surface area contributed by atoms with Crippen LogP contribution in [0.15, 0.2) is 18.2 Å². The number of rotatable bonds is 3. The van der Waals surface area contributed by atoms with Crippen LogP contribution in [0.3, 0.4) is 0 Å². The number of hydrogen-bond acceptors (Lipinski definition) is 6. The highest BCUT2D eigenvalue weighted by Gasteiger charge is 2.31. The fourth-order valence-corrected chi connectivity index (χ4v) is 3.02. The van der Waals surface area contributed by atoms with Gasteiger partial charge >= 0.3 is 6.18 Å². The van der Waals surface area contributed by atoms with Gasteiger partial charge in [-0.05, 0) is 50.8 Å². The predicted octanol–water partition coefficient (Wildman–Crippen LogP) is 3.29. The van der Waals surface area contributed by atoms with Gasteiger partial charge in [-0.15, -0.1) is 10.2 Å². The van der Waals surface area contributed by atoms with Crippen LogP contribution in [0.5, 0.6) is 5.75 Å². The summed E-state index contributed by atoms with van der Waals surface area (Å²) in [5.41, 5.74) is -0.132. The maximum absolute atomic E-state index is 12.7. The molecule has 3 N–H and O–H groups in total. The summed E-state index contributed by atoms with van der Waals surface area (Å²) in [6.45, 7) is 1.65. The third-order valence-corrected chi connectivity index (χ3v) is 4.47. The molecule has 140 valence electrons. The molecule has 0 spiro atoms. The smallest absolute Gasteiger partial charge is 0.416 e. The summed E-state index contributed by atoms with van der Waals surface area (Å²) in [5, 5.41) is 30.6. The van der Waals surface area contributed by atoms with Crippen LogP contribution in [0.1, 0.15) is 36.9 Å². The number of aliphatic hydroxyl groups excluding tert-OH is 1. The van der Waals surface area contributed by atoms with Crippen LogP contribution >= 0.6 is 0 Å². The first-order valence-corrected chi connectivity index (χ1v) is 8.30. The van der Waals surface area contributed by atoms with E-state index in [1.165, 1.54) is 0 Å². The van der Waals surface area contributed by atoms with Gasteiger partial charge in [0.15, 0.2) is 0 Å². The van der Waals surface area contributed by atoms with Gasteiger partial charge in [-0.2, -0.15) is 13.2 Å². The minimum atomic E-state index is -4.53. The first kappa shape index (κ1) is 18.4. The molecule has 3 rings (SSSR count). The first-order chi connectivity index (χ1) is 12.2. The average molecular weight is 368 g/mol. The number of anilines is 1. The van der Waals surface area contributed by atoms with Gasteiger partial charge in [-0.25, -0.2) is 4.98 Å². The Labute approximate surface area is 148 Å². The van der Waals surface area contributed by atoms with Crippen LogP contribution in [0.2, 0.25) is 0 Å². The summed E-state index contributed by atoms with van der Waals surface area (Å²) >= 11 is 0. The Morgan fingerprint density at radius 2 is 1.81 bits per heavy atom. The van der Waals surface area contributed by atoms with Crippen molar-refractivity contribution in [2.45, 2.75) is 50.9 Å². The number of aryl methyl sites for hydroxylation is 1. The van der Waals surface area contributed by atoms with Gasteiger partial charge in [0.05, 0.1) is 17.4 Å². The molecule has 1 aliphatic carbocycles. The number of hydrogen-bond donors (Lipinski definition) is 3. The lowest BCUT2D eigenvalue weighted by Crippen LogP contribution is -2.29. The summed E-state index contributed by atoms with van der Waals surface area (Å²) in [6.07, 6.45) is -1.78. The number of aromatic nitrogens is 3. The van der Waals surface area contributed by atoms with E-state index in [9.17, 15) is 23.4 Å². The molecule has 0 amide bonds. The highest BCUT2D eigenvalue weighted by molar-refractivity contribution is 5.69. The Hall–Kier alpha value is -2.42. The van der Waals surface area contributed by atoms with Crippen molar-refractivity contribution in [2.75, 3.05) is 5.32 Å². The molecule has 1 aromatic carbocycles. The Morgan fingerprint density at radius 3 is 2.38 bits per heavy atom. The molecule has 0 radical (unpaired) electrons. The molecule has 0 unspecified atom stereocenters. The van der Waals surface area contributed by atoms with Gasteiger partial charge in [0.25, 0.3) is 0 Å². The van der Waals surface area contributed by atoms with E-state index in [4.69, 9.17) is 0 Å². The average Bonchev–Trinajstić information content (AvgIpc) is 2.57. The van der Waals surface area contributed by atoms with Gasteiger partial charge in [-0.3, -0.25) is 0 Å².